The Kier molecular flexibility index (Phi) is 6.43. The first-order valence-corrected chi connectivity index (χ1v) is 10.2. The van der Waals surface area contributed by atoms with Gasteiger partial charge in [0.25, 0.3) is 11.8 Å². The van der Waals surface area contributed by atoms with Crippen molar-refractivity contribution in [2.75, 3.05) is 6.54 Å². The van der Waals surface area contributed by atoms with Crippen molar-refractivity contribution in [3.63, 3.8) is 0 Å². The van der Waals surface area contributed by atoms with Gasteiger partial charge in [0.2, 0.25) is 0 Å². The molecule has 3 aromatic rings. The number of amides is 2. The Morgan fingerprint density at radius 3 is 2.52 bits per heavy atom. The first-order valence-electron chi connectivity index (χ1n) is 9.32. The van der Waals surface area contributed by atoms with Gasteiger partial charge < -0.3 is 14.6 Å². The number of hydrogen-bond donors (Lipinski definition) is 1. The lowest BCUT2D eigenvalue weighted by Crippen LogP contribution is -2.49. The average Bonchev–Trinajstić information content (AvgIpc) is 3.37. The molecule has 2 aromatic heterocycles. The van der Waals surface area contributed by atoms with E-state index in [9.17, 15) is 9.59 Å². The predicted molar refractivity (Wildman–Crippen MR) is 110 cm³/mol. The van der Waals surface area contributed by atoms with E-state index in [0.29, 0.717) is 18.7 Å². The molecular weight excluding hydrogens is 388 g/mol. The van der Waals surface area contributed by atoms with Gasteiger partial charge in [0.05, 0.1) is 6.26 Å². The fourth-order valence-corrected chi connectivity index (χ4v) is 3.39. The molecule has 1 N–H and O–H groups in total. The van der Waals surface area contributed by atoms with Gasteiger partial charge in [0.15, 0.2) is 11.7 Å². The highest BCUT2D eigenvalue weighted by Crippen LogP contribution is 2.25. The smallest absolute Gasteiger partial charge is 0.276 e. The van der Waals surface area contributed by atoms with E-state index in [1.165, 1.54) is 11.2 Å². The molecule has 0 aliphatic carbocycles. The molecule has 0 spiro atoms. The summed E-state index contributed by atoms with van der Waals surface area (Å²) in [6, 6.07) is 12.3. The maximum absolute atomic E-state index is 13.2. The topological polar surface area (TPSA) is 88.3 Å². The standard InChI is InChI=1S/C21H24N4O3S/c1-21(2,3)22-19(26)18(17-10-7-13-28-17)25(20(27)16-14-29-24-23-16)12-11-15-8-5-4-6-9-15/h4-10,13-14,18H,11-12H2,1-3H3,(H,22,26)/t18-/m0/s1. The van der Waals surface area contributed by atoms with Crippen molar-refractivity contribution < 1.29 is 14.0 Å². The summed E-state index contributed by atoms with van der Waals surface area (Å²) < 4.78 is 9.33. The number of nitrogens with zero attached hydrogens (tertiary/aromatic N) is 3. The van der Waals surface area contributed by atoms with Crippen LogP contribution in [0.1, 0.15) is 48.6 Å². The zero-order valence-electron chi connectivity index (χ0n) is 16.7. The monoisotopic (exact) mass is 412 g/mol. The summed E-state index contributed by atoms with van der Waals surface area (Å²) >= 11 is 1.09. The molecule has 8 heteroatoms. The van der Waals surface area contributed by atoms with Crippen LogP contribution in [0.25, 0.3) is 0 Å². The normalized spacial score (nSPS) is 12.4. The number of benzene rings is 1. The summed E-state index contributed by atoms with van der Waals surface area (Å²) in [5, 5.41) is 8.45. The highest BCUT2D eigenvalue weighted by Gasteiger charge is 2.36. The number of carbonyl (C=O) groups excluding carboxylic acids is 2. The van der Waals surface area contributed by atoms with E-state index in [4.69, 9.17) is 4.42 Å². The van der Waals surface area contributed by atoms with Crippen LogP contribution >= 0.6 is 11.5 Å². The Morgan fingerprint density at radius 1 is 1.17 bits per heavy atom. The van der Waals surface area contributed by atoms with Crippen LogP contribution in [0, 0.1) is 0 Å². The molecule has 0 saturated heterocycles. The van der Waals surface area contributed by atoms with Gasteiger partial charge in [-0.15, -0.1) is 5.10 Å². The summed E-state index contributed by atoms with van der Waals surface area (Å²) in [5.74, 6) is -0.270. The number of furan rings is 1. The molecular formula is C21H24N4O3S. The quantitative estimate of drug-likeness (QED) is 0.642. The predicted octanol–water partition coefficient (Wildman–Crippen LogP) is 3.47. The van der Waals surface area contributed by atoms with Crippen molar-refractivity contribution in [1.82, 2.24) is 19.8 Å². The van der Waals surface area contributed by atoms with E-state index in [1.807, 2.05) is 51.1 Å². The number of nitrogens with one attached hydrogen (secondary N) is 1. The van der Waals surface area contributed by atoms with Gasteiger partial charge >= 0.3 is 0 Å². The first kappa shape index (κ1) is 20.7. The minimum atomic E-state index is -0.915. The lowest BCUT2D eigenvalue weighted by Gasteiger charge is -2.32. The van der Waals surface area contributed by atoms with Crippen LogP contribution in [-0.2, 0) is 11.2 Å². The summed E-state index contributed by atoms with van der Waals surface area (Å²) in [6.07, 6.45) is 2.08. The van der Waals surface area contributed by atoms with Crippen LogP contribution in [0.15, 0.2) is 58.5 Å². The van der Waals surface area contributed by atoms with Gasteiger partial charge in [0, 0.05) is 17.5 Å². The maximum atomic E-state index is 13.2. The van der Waals surface area contributed by atoms with Gasteiger partial charge in [0.1, 0.15) is 5.76 Å². The minimum absolute atomic E-state index is 0.211. The third kappa shape index (κ3) is 5.51. The summed E-state index contributed by atoms with van der Waals surface area (Å²) in [7, 11) is 0. The molecule has 0 aliphatic heterocycles. The van der Waals surface area contributed by atoms with Crippen LogP contribution in [0.5, 0.6) is 0 Å². The Morgan fingerprint density at radius 2 is 1.93 bits per heavy atom. The second-order valence-electron chi connectivity index (χ2n) is 7.68. The van der Waals surface area contributed by atoms with Crippen molar-refractivity contribution >= 4 is 23.3 Å². The number of rotatable bonds is 7. The molecule has 29 heavy (non-hydrogen) atoms. The Bertz CT molecular complexity index is 919. The molecule has 152 valence electrons. The lowest BCUT2D eigenvalue weighted by molar-refractivity contribution is -0.128. The lowest BCUT2D eigenvalue weighted by atomic mass is 10.0. The van der Waals surface area contributed by atoms with Crippen LogP contribution in [-0.4, -0.2) is 38.4 Å². The van der Waals surface area contributed by atoms with E-state index < -0.39 is 11.6 Å². The Labute approximate surface area is 173 Å². The second-order valence-corrected chi connectivity index (χ2v) is 8.29. The molecule has 3 rings (SSSR count). The van der Waals surface area contributed by atoms with E-state index in [1.54, 1.807) is 17.5 Å². The largest absolute Gasteiger partial charge is 0.467 e. The van der Waals surface area contributed by atoms with Crippen molar-refractivity contribution in [2.24, 2.45) is 0 Å². The van der Waals surface area contributed by atoms with Crippen molar-refractivity contribution in [1.29, 1.82) is 0 Å². The molecule has 2 heterocycles. The van der Waals surface area contributed by atoms with Crippen LogP contribution in [0.3, 0.4) is 0 Å². The number of hydrogen-bond acceptors (Lipinski definition) is 6. The SMILES string of the molecule is CC(C)(C)NC(=O)[C@H](c1ccco1)N(CCc1ccccc1)C(=O)c1csnn1. The van der Waals surface area contributed by atoms with E-state index >= 15 is 0 Å². The Balaban J connectivity index is 1.95. The highest BCUT2D eigenvalue weighted by atomic mass is 32.1. The molecule has 1 atom stereocenters. The van der Waals surface area contributed by atoms with E-state index in [0.717, 1.165) is 17.1 Å². The van der Waals surface area contributed by atoms with Crippen molar-refractivity contribution in [2.45, 2.75) is 38.8 Å². The maximum Gasteiger partial charge on any atom is 0.276 e. The van der Waals surface area contributed by atoms with Crippen molar-refractivity contribution in [3.05, 3.63) is 71.1 Å². The molecule has 0 unspecified atom stereocenters. The molecule has 0 fully saturated rings. The third-order valence-corrected chi connectivity index (χ3v) is 4.70. The second kappa shape index (κ2) is 9.00. The molecule has 7 nitrogen and oxygen atoms in total. The molecule has 1 aromatic carbocycles. The van der Waals surface area contributed by atoms with Gasteiger partial charge in [-0.1, -0.05) is 34.8 Å². The summed E-state index contributed by atoms with van der Waals surface area (Å²) in [6.45, 7) is 6.00. The van der Waals surface area contributed by atoms with Gasteiger partial charge in [-0.05, 0) is 56.4 Å². The van der Waals surface area contributed by atoms with Crippen LogP contribution in [0.2, 0.25) is 0 Å². The fourth-order valence-electron chi connectivity index (χ4n) is 2.96. The average molecular weight is 413 g/mol. The third-order valence-electron chi connectivity index (χ3n) is 4.20. The van der Waals surface area contributed by atoms with Crippen LogP contribution < -0.4 is 5.32 Å². The van der Waals surface area contributed by atoms with E-state index in [-0.39, 0.29) is 17.5 Å². The van der Waals surface area contributed by atoms with Gasteiger partial charge in [-0.2, -0.15) is 0 Å². The molecule has 0 saturated carbocycles. The van der Waals surface area contributed by atoms with Crippen LogP contribution in [0.4, 0.5) is 0 Å². The minimum Gasteiger partial charge on any atom is -0.467 e. The van der Waals surface area contributed by atoms with Gasteiger partial charge in [-0.25, -0.2) is 0 Å². The zero-order chi connectivity index (χ0) is 20.9. The molecule has 0 bridgehead atoms. The zero-order valence-corrected chi connectivity index (χ0v) is 17.5. The Hall–Kier alpha value is -3.00. The van der Waals surface area contributed by atoms with E-state index in [2.05, 4.69) is 14.9 Å². The molecule has 0 radical (unpaired) electrons. The molecule has 0 aliphatic rings. The highest BCUT2D eigenvalue weighted by molar-refractivity contribution is 7.03. The summed E-state index contributed by atoms with van der Waals surface area (Å²) in [4.78, 5) is 27.9. The number of carbonyl (C=O) groups is 2. The van der Waals surface area contributed by atoms with Gasteiger partial charge in [-0.3, -0.25) is 9.59 Å². The first-order chi connectivity index (χ1) is 13.8. The summed E-state index contributed by atoms with van der Waals surface area (Å²) in [5.41, 5.74) is 0.817. The van der Waals surface area contributed by atoms with Crippen molar-refractivity contribution in [3.8, 4) is 0 Å². The number of aromatic nitrogens is 2. The molecule has 2 amide bonds. The fraction of sp³-hybridized carbons (Fsp3) is 0.333.